The van der Waals surface area contributed by atoms with Gasteiger partial charge in [-0.05, 0) is 39.5 Å². The standard InChI is InChI=1S/C15H32N2O/c1-6-18-9-7-8-17-11-14(10-13(2)3)16-12-15(17,4)5/h13-14,16H,6-12H2,1-5H3. The highest BCUT2D eigenvalue weighted by Crippen LogP contribution is 2.21. The van der Waals surface area contributed by atoms with Crippen molar-refractivity contribution in [2.75, 3.05) is 32.8 Å². The van der Waals surface area contributed by atoms with Gasteiger partial charge >= 0.3 is 0 Å². The van der Waals surface area contributed by atoms with Crippen molar-refractivity contribution in [3.05, 3.63) is 0 Å². The summed E-state index contributed by atoms with van der Waals surface area (Å²) in [6.07, 6.45) is 2.42. The van der Waals surface area contributed by atoms with Crippen molar-refractivity contribution in [3.63, 3.8) is 0 Å². The van der Waals surface area contributed by atoms with E-state index in [9.17, 15) is 0 Å². The summed E-state index contributed by atoms with van der Waals surface area (Å²) >= 11 is 0. The van der Waals surface area contributed by atoms with E-state index in [4.69, 9.17) is 4.74 Å². The Bertz CT molecular complexity index is 229. The summed E-state index contributed by atoms with van der Waals surface area (Å²) in [6.45, 7) is 16.5. The molecule has 1 aliphatic rings. The van der Waals surface area contributed by atoms with E-state index in [1.165, 1.54) is 13.0 Å². The molecule has 0 aromatic heterocycles. The predicted octanol–water partition coefficient (Wildman–Crippen LogP) is 2.51. The summed E-state index contributed by atoms with van der Waals surface area (Å²) < 4.78 is 5.44. The fourth-order valence-corrected chi connectivity index (χ4v) is 2.71. The van der Waals surface area contributed by atoms with Gasteiger partial charge in [0.05, 0.1) is 0 Å². The Hall–Kier alpha value is -0.120. The summed E-state index contributed by atoms with van der Waals surface area (Å²) in [6, 6.07) is 0.658. The largest absolute Gasteiger partial charge is 0.382 e. The van der Waals surface area contributed by atoms with E-state index in [0.717, 1.165) is 38.6 Å². The van der Waals surface area contributed by atoms with Crippen molar-refractivity contribution < 1.29 is 4.74 Å². The van der Waals surface area contributed by atoms with E-state index in [1.54, 1.807) is 0 Å². The van der Waals surface area contributed by atoms with Crippen molar-refractivity contribution in [2.24, 2.45) is 5.92 Å². The molecule has 1 atom stereocenters. The molecule has 0 bridgehead atoms. The Balaban J connectivity index is 2.39. The molecule has 0 saturated carbocycles. The summed E-state index contributed by atoms with van der Waals surface area (Å²) in [5.74, 6) is 0.772. The molecule has 108 valence electrons. The number of ether oxygens (including phenoxy) is 1. The van der Waals surface area contributed by atoms with Crippen LogP contribution in [0.3, 0.4) is 0 Å². The zero-order chi connectivity index (χ0) is 13.6. The fraction of sp³-hybridized carbons (Fsp3) is 1.00. The number of rotatable bonds is 7. The van der Waals surface area contributed by atoms with Crippen molar-refractivity contribution >= 4 is 0 Å². The molecule has 3 nitrogen and oxygen atoms in total. The molecule has 0 aliphatic carbocycles. The highest BCUT2D eigenvalue weighted by atomic mass is 16.5. The van der Waals surface area contributed by atoms with E-state index in [-0.39, 0.29) is 5.54 Å². The highest BCUT2D eigenvalue weighted by Gasteiger charge is 2.33. The lowest BCUT2D eigenvalue weighted by molar-refractivity contribution is 0.0481. The third-order valence-electron chi connectivity index (χ3n) is 3.80. The molecule has 1 fully saturated rings. The van der Waals surface area contributed by atoms with Gasteiger partial charge in [-0.15, -0.1) is 0 Å². The van der Waals surface area contributed by atoms with Crippen LogP contribution in [0.2, 0.25) is 0 Å². The second-order valence-electron chi connectivity index (χ2n) is 6.52. The van der Waals surface area contributed by atoms with E-state index in [1.807, 2.05) is 0 Å². The lowest BCUT2D eigenvalue weighted by Gasteiger charge is -2.46. The van der Waals surface area contributed by atoms with Crippen molar-refractivity contribution in [1.82, 2.24) is 10.2 Å². The SMILES string of the molecule is CCOCCCN1CC(CC(C)C)NCC1(C)C. The minimum atomic E-state index is 0.277. The highest BCUT2D eigenvalue weighted by molar-refractivity contribution is 4.92. The van der Waals surface area contributed by atoms with Crippen LogP contribution in [0.1, 0.15) is 47.5 Å². The van der Waals surface area contributed by atoms with Crippen LogP contribution in [0.5, 0.6) is 0 Å². The Morgan fingerprint density at radius 3 is 2.72 bits per heavy atom. The quantitative estimate of drug-likeness (QED) is 0.708. The molecular weight excluding hydrogens is 224 g/mol. The van der Waals surface area contributed by atoms with Gasteiger partial charge in [0.1, 0.15) is 0 Å². The van der Waals surface area contributed by atoms with Crippen LogP contribution in [-0.4, -0.2) is 49.3 Å². The molecule has 0 radical (unpaired) electrons. The van der Waals surface area contributed by atoms with Gasteiger partial charge < -0.3 is 10.1 Å². The molecule has 0 aromatic carbocycles. The first-order valence-corrected chi connectivity index (χ1v) is 7.52. The molecule has 1 N–H and O–H groups in total. The first kappa shape index (κ1) is 15.9. The van der Waals surface area contributed by atoms with E-state index >= 15 is 0 Å². The summed E-state index contributed by atoms with van der Waals surface area (Å²) in [5.41, 5.74) is 0.277. The van der Waals surface area contributed by atoms with Crippen LogP contribution in [0.4, 0.5) is 0 Å². The van der Waals surface area contributed by atoms with Gasteiger partial charge in [0.2, 0.25) is 0 Å². The molecule has 0 aromatic rings. The molecule has 3 heteroatoms. The number of nitrogens with zero attached hydrogens (tertiary/aromatic N) is 1. The number of hydrogen-bond donors (Lipinski definition) is 1. The average Bonchev–Trinajstić information content (AvgIpc) is 2.28. The lowest BCUT2D eigenvalue weighted by Crippen LogP contribution is -2.62. The van der Waals surface area contributed by atoms with Gasteiger partial charge in [0.15, 0.2) is 0 Å². The normalized spacial score (nSPS) is 24.7. The first-order chi connectivity index (χ1) is 8.45. The molecule has 18 heavy (non-hydrogen) atoms. The Labute approximate surface area is 113 Å². The lowest BCUT2D eigenvalue weighted by atomic mass is 9.93. The van der Waals surface area contributed by atoms with E-state index in [2.05, 4.69) is 44.8 Å². The predicted molar refractivity (Wildman–Crippen MR) is 78.0 cm³/mol. The minimum absolute atomic E-state index is 0.277. The number of hydrogen-bond acceptors (Lipinski definition) is 3. The minimum Gasteiger partial charge on any atom is -0.382 e. The molecule has 1 rings (SSSR count). The second-order valence-corrected chi connectivity index (χ2v) is 6.52. The van der Waals surface area contributed by atoms with Gasteiger partial charge in [-0.1, -0.05) is 13.8 Å². The maximum absolute atomic E-state index is 5.44. The van der Waals surface area contributed by atoms with Gasteiger partial charge in [0.25, 0.3) is 0 Å². The average molecular weight is 256 g/mol. The third-order valence-corrected chi connectivity index (χ3v) is 3.80. The zero-order valence-corrected chi connectivity index (χ0v) is 13.0. The number of nitrogens with one attached hydrogen (secondary N) is 1. The Morgan fingerprint density at radius 1 is 1.39 bits per heavy atom. The summed E-state index contributed by atoms with van der Waals surface area (Å²) in [5, 5.41) is 3.70. The zero-order valence-electron chi connectivity index (χ0n) is 13.0. The molecule has 1 aliphatic heterocycles. The van der Waals surface area contributed by atoms with Crippen molar-refractivity contribution in [3.8, 4) is 0 Å². The van der Waals surface area contributed by atoms with Gasteiger partial charge in [-0.3, -0.25) is 4.90 Å². The molecule has 1 unspecified atom stereocenters. The smallest absolute Gasteiger partial charge is 0.0478 e. The van der Waals surface area contributed by atoms with Gasteiger partial charge in [-0.25, -0.2) is 0 Å². The van der Waals surface area contributed by atoms with Crippen LogP contribution >= 0.6 is 0 Å². The first-order valence-electron chi connectivity index (χ1n) is 7.52. The van der Waals surface area contributed by atoms with Crippen LogP contribution in [0, 0.1) is 5.92 Å². The molecule has 1 saturated heterocycles. The second kappa shape index (κ2) is 7.46. The number of piperazine rings is 1. The van der Waals surface area contributed by atoms with Crippen molar-refractivity contribution in [1.29, 1.82) is 0 Å². The monoisotopic (exact) mass is 256 g/mol. The van der Waals surface area contributed by atoms with Crippen LogP contribution in [-0.2, 0) is 4.74 Å². The van der Waals surface area contributed by atoms with Crippen LogP contribution in [0.15, 0.2) is 0 Å². The summed E-state index contributed by atoms with van der Waals surface area (Å²) in [7, 11) is 0. The Kier molecular flexibility index (Phi) is 6.61. The van der Waals surface area contributed by atoms with Gasteiger partial charge in [-0.2, -0.15) is 0 Å². The van der Waals surface area contributed by atoms with E-state index < -0.39 is 0 Å². The topological polar surface area (TPSA) is 24.5 Å². The van der Waals surface area contributed by atoms with Crippen LogP contribution in [0.25, 0.3) is 0 Å². The van der Waals surface area contributed by atoms with Crippen LogP contribution < -0.4 is 5.32 Å². The molecule has 1 heterocycles. The maximum Gasteiger partial charge on any atom is 0.0478 e. The summed E-state index contributed by atoms with van der Waals surface area (Å²) in [4.78, 5) is 2.63. The maximum atomic E-state index is 5.44. The molecular formula is C15H32N2O. The molecule has 0 spiro atoms. The third kappa shape index (κ3) is 5.25. The fourth-order valence-electron chi connectivity index (χ4n) is 2.71. The molecule has 0 amide bonds. The van der Waals surface area contributed by atoms with Gasteiger partial charge in [0, 0.05) is 44.4 Å². The van der Waals surface area contributed by atoms with Crippen molar-refractivity contribution in [2.45, 2.75) is 59.0 Å². The Morgan fingerprint density at radius 2 is 2.11 bits per heavy atom. The van der Waals surface area contributed by atoms with E-state index in [0.29, 0.717) is 6.04 Å².